The smallest absolute Gasteiger partial charge is 0.0888 e. The fraction of sp³-hybridized carbons (Fsp3) is 0.467. The van der Waals surface area contributed by atoms with Crippen LogP contribution in [0.1, 0.15) is 47.2 Å². The summed E-state index contributed by atoms with van der Waals surface area (Å²) in [6.07, 6.45) is 3.56. The summed E-state index contributed by atoms with van der Waals surface area (Å²) in [5, 5.41) is 1.14. The lowest BCUT2D eigenvalue weighted by Crippen LogP contribution is -1.82. The molecule has 0 unspecified atom stereocenters. The summed E-state index contributed by atoms with van der Waals surface area (Å²) in [6, 6.07) is 6.02. The molecular weight excluding hydrogens is 208 g/mol. The SMILES string of the molecule is CC.CC.CC.Cc1ccc2ccncc2n1. The minimum absolute atomic E-state index is 0.965. The normalized spacial score (nSPS) is 7.71. The van der Waals surface area contributed by atoms with Gasteiger partial charge in [0, 0.05) is 17.3 Å². The maximum absolute atomic E-state index is 4.31. The van der Waals surface area contributed by atoms with Crippen LogP contribution in [0.3, 0.4) is 0 Å². The van der Waals surface area contributed by atoms with Crippen molar-refractivity contribution < 1.29 is 0 Å². The Labute approximate surface area is 106 Å². The van der Waals surface area contributed by atoms with E-state index in [9.17, 15) is 0 Å². The van der Waals surface area contributed by atoms with Gasteiger partial charge in [-0.3, -0.25) is 9.97 Å². The summed E-state index contributed by atoms with van der Waals surface area (Å²) in [5.74, 6) is 0. The number of hydrogen-bond donors (Lipinski definition) is 0. The van der Waals surface area contributed by atoms with Crippen molar-refractivity contribution in [2.75, 3.05) is 0 Å². The third kappa shape index (κ3) is 6.67. The molecule has 0 fully saturated rings. The lowest BCUT2D eigenvalue weighted by Gasteiger charge is -1.95. The summed E-state index contributed by atoms with van der Waals surface area (Å²) >= 11 is 0. The van der Waals surface area contributed by atoms with Gasteiger partial charge in [-0.1, -0.05) is 47.6 Å². The first-order valence-corrected chi connectivity index (χ1v) is 6.53. The molecule has 2 rings (SSSR count). The molecule has 2 heterocycles. The zero-order valence-corrected chi connectivity index (χ0v) is 12.3. The van der Waals surface area contributed by atoms with Gasteiger partial charge in [0.2, 0.25) is 0 Å². The molecule has 2 heteroatoms. The van der Waals surface area contributed by atoms with Crippen LogP contribution in [0, 0.1) is 6.92 Å². The van der Waals surface area contributed by atoms with Gasteiger partial charge in [0.15, 0.2) is 0 Å². The minimum Gasteiger partial charge on any atom is -0.262 e. The topological polar surface area (TPSA) is 25.8 Å². The van der Waals surface area contributed by atoms with Gasteiger partial charge in [0.25, 0.3) is 0 Å². The van der Waals surface area contributed by atoms with Crippen LogP contribution in [0.2, 0.25) is 0 Å². The average molecular weight is 234 g/mol. The van der Waals surface area contributed by atoms with Crippen molar-refractivity contribution in [3.8, 4) is 0 Å². The lowest BCUT2D eigenvalue weighted by molar-refractivity contribution is 1.23. The van der Waals surface area contributed by atoms with Gasteiger partial charge in [0.1, 0.15) is 0 Å². The number of aryl methyl sites for hydroxylation is 1. The van der Waals surface area contributed by atoms with Crippen LogP contribution in [0.15, 0.2) is 30.6 Å². The molecule has 17 heavy (non-hydrogen) atoms. The predicted molar refractivity (Wildman–Crippen MR) is 78.3 cm³/mol. The van der Waals surface area contributed by atoms with Crippen LogP contribution in [0.4, 0.5) is 0 Å². The molecule has 0 aromatic carbocycles. The molecule has 2 nitrogen and oxygen atoms in total. The Morgan fingerprint density at radius 1 is 0.824 bits per heavy atom. The van der Waals surface area contributed by atoms with Crippen LogP contribution in [0.25, 0.3) is 10.9 Å². The lowest BCUT2D eigenvalue weighted by atomic mass is 10.2. The molecular formula is C15H26N2. The molecule has 0 N–H and O–H groups in total. The van der Waals surface area contributed by atoms with E-state index in [1.165, 1.54) is 0 Å². The minimum atomic E-state index is 0.965. The second-order valence-electron chi connectivity index (χ2n) is 2.52. The molecule has 0 radical (unpaired) electrons. The fourth-order valence-corrected chi connectivity index (χ4v) is 1.07. The van der Waals surface area contributed by atoms with Crippen LogP contribution in [-0.4, -0.2) is 9.97 Å². The monoisotopic (exact) mass is 234 g/mol. The number of pyridine rings is 2. The van der Waals surface area contributed by atoms with Crippen molar-refractivity contribution >= 4 is 10.9 Å². The van der Waals surface area contributed by atoms with E-state index in [1.807, 2.05) is 60.6 Å². The van der Waals surface area contributed by atoms with Crippen LogP contribution < -0.4 is 0 Å². The summed E-state index contributed by atoms with van der Waals surface area (Å²) in [7, 11) is 0. The zero-order valence-electron chi connectivity index (χ0n) is 12.3. The van der Waals surface area contributed by atoms with Gasteiger partial charge >= 0.3 is 0 Å². The largest absolute Gasteiger partial charge is 0.262 e. The highest BCUT2D eigenvalue weighted by Gasteiger charge is 1.91. The molecule has 2 aromatic rings. The third-order valence-corrected chi connectivity index (χ3v) is 1.63. The second kappa shape index (κ2) is 12.6. The number of hydrogen-bond acceptors (Lipinski definition) is 2. The number of nitrogens with zero attached hydrogens (tertiary/aromatic N) is 2. The molecule has 96 valence electrons. The highest BCUT2D eigenvalue weighted by Crippen LogP contribution is 2.08. The maximum Gasteiger partial charge on any atom is 0.0888 e. The van der Waals surface area contributed by atoms with E-state index >= 15 is 0 Å². The molecule has 2 aromatic heterocycles. The van der Waals surface area contributed by atoms with Gasteiger partial charge in [-0.2, -0.15) is 0 Å². The summed E-state index contributed by atoms with van der Waals surface area (Å²) in [4.78, 5) is 8.30. The molecule has 0 atom stereocenters. The Kier molecular flexibility index (Phi) is 13.3. The van der Waals surface area contributed by atoms with Gasteiger partial charge < -0.3 is 0 Å². The van der Waals surface area contributed by atoms with Crippen molar-refractivity contribution in [2.45, 2.75) is 48.5 Å². The summed E-state index contributed by atoms with van der Waals surface area (Å²) in [6.45, 7) is 14.0. The van der Waals surface area contributed by atoms with Crippen molar-refractivity contribution in [3.63, 3.8) is 0 Å². The predicted octanol–water partition coefficient (Wildman–Crippen LogP) is 5.02. The Balaban J connectivity index is 0. The molecule has 0 bridgehead atoms. The standard InChI is InChI=1S/C9H8N2.3C2H6/c1-7-2-3-8-4-5-10-6-9(8)11-7;3*1-2/h2-6H,1H3;3*1-2H3. The van der Waals surface area contributed by atoms with E-state index in [0.29, 0.717) is 0 Å². The maximum atomic E-state index is 4.31. The highest BCUT2D eigenvalue weighted by molar-refractivity contribution is 5.77. The average Bonchev–Trinajstić information content (AvgIpc) is 2.45. The van der Waals surface area contributed by atoms with Crippen molar-refractivity contribution in [1.82, 2.24) is 9.97 Å². The molecule has 0 aliphatic rings. The van der Waals surface area contributed by atoms with Gasteiger partial charge in [0.05, 0.1) is 11.7 Å². The first-order valence-electron chi connectivity index (χ1n) is 6.53. The number of rotatable bonds is 0. The van der Waals surface area contributed by atoms with Gasteiger partial charge in [-0.15, -0.1) is 0 Å². The van der Waals surface area contributed by atoms with E-state index in [1.54, 1.807) is 12.4 Å². The zero-order chi connectivity index (χ0) is 13.7. The van der Waals surface area contributed by atoms with Gasteiger partial charge in [-0.05, 0) is 19.1 Å². The quantitative estimate of drug-likeness (QED) is 0.640. The second-order valence-corrected chi connectivity index (χ2v) is 2.52. The molecule has 0 amide bonds. The van der Waals surface area contributed by atoms with Gasteiger partial charge in [-0.25, -0.2) is 0 Å². The van der Waals surface area contributed by atoms with E-state index in [-0.39, 0.29) is 0 Å². The molecule has 0 saturated heterocycles. The van der Waals surface area contributed by atoms with E-state index in [2.05, 4.69) is 16.0 Å². The number of aromatic nitrogens is 2. The fourth-order valence-electron chi connectivity index (χ4n) is 1.07. The molecule has 0 spiro atoms. The van der Waals surface area contributed by atoms with E-state index in [4.69, 9.17) is 0 Å². The Morgan fingerprint density at radius 3 is 2.00 bits per heavy atom. The van der Waals surface area contributed by atoms with Crippen LogP contribution >= 0.6 is 0 Å². The molecule has 0 aliphatic heterocycles. The first kappa shape index (κ1) is 17.9. The van der Waals surface area contributed by atoms with E-state index < -0.39 is 0 Å². The first-order chi connectivity index (χ1) is 8.36. The molecule has 0 aliphatic carbocycles. The Hall–Kier alpha value is -1.44. The number of fused-ring (bicyclic) bond motifs is 1. The van der Waals surface area contributed by atoms with Crippen molar-refractivity contribution in [1.29, 1.82) is 0 Å². The van der Waals surface area contributed by atoms with E-state index in [0.717, 1.165) is 16.6 Å². The Morgan fingerprint density at radius 2 is 1.41 bits per heavy atom. The highest BCUT2D eigenvalue weighted by atomic mass is 14.7. The van der Waals surface area contributed by atoms with Crippen molar-refractivity contribution in [3.05, 3.63) is 36.3 Å². The molecule has 0 saturated carbocycles. The van der Waals surface area contributed by atoms with Crippen molar-refractivity contribution in [2.24, 2.45) is 0 Å². The third-order valence-electron chi connectivity index (χ3n) is 1.63. The van der Waals surface area contributed by atoms with Crippen LogP contribution in [-0.2, 0) is 0 Å². The Bertz CT molecular complexity index is 383. The summed E-state index contributed by atoms with van der Waals surface area (Å²) in [5.41, 5.74) is 2.00. The summed E-state index contributed by atoms with van der Waals surface area (Å²) < 4.78 is 0. The van der Waals surface area contributed by atoms with Crippen LogP contribution in [0.5, 0.6) is 0 Å².